The lowest BCUT2D eigenvalue weighted by Gasteiger charge is -2.25. The second-order valence-corrected chi connectivity index (χ2v) is 4.46. The van der Waals surface area contributed by atoms with E-state index in [0.29, 0.717) is 19.4 Å². The van der Waals surface area contributed by atoms with Gasteiger partial charge in [0.1, 0.15) is 5.54 Å². The third kappa shape index (κ3) is 3.90. The molecule has 4 N–H and O–H groups in total. The highest BCUT2D eigenvalue weighted by Crippen LogP contribution is 2.29. The van der Waals surface area contributed by atoms with Crippen LogP contribution in [0.1, 0.15) is 32.6 Å². The SMILES string of the molecule is CC(=O)NCCNC(=O)NC1(C(=O)O)CCCC1. The summed E-state index contributed by atoms with van der Waals surface area (Å²) in [6, 6.07) is -0.510. The van der Waals surface area contributed by atoms with E-state index in [1.165, 1.54) is 6.92 Å². The molecule has 102 valence electrons. The minimum absolute atomic E-state index is 0.171. The normalized spacial score (nSPS) is 16.9. The maximum absolute atomic E-state index is 11.6. The van der Waals surface area contributed by atoms with Gasteiger partial charge in [0.25, 0.3) is 0 Å². The Morgan fingerprint density at radius 3 is 2.17 bits per heavy atom. The zero-order valence-corrected chi connectivity index (χ0v) is 10.4. The third-order valence-electron chi connectivity index (χ3n) is 3.00. The zero-order chi connectivity index (χ0) is 13.6. The molecule has 0 bridgehead atoms. The molecule has 0 saturated heterocycles. The van der Waals surface area contributed by atoms with Gasteiger partial charge in [-0.05, 0) is 12.8 Å². The monoisotopic (exact) mass is 257 g/mol. The molecule has 0 aliphatic heterocycles. The van der Waals surface area contributed by atoms with Gasteiger partial charge in [0.2, 0.25) is 5.91 Å². The zero-order valence-electron chi connectivity index (χ0n) is 10.4. The Morgan fingerprint density at radius 1 is 1.11 bits per heavy atom. The number of carbonyl (C=O) groups excluding carboxylic acids is 2. The van der Waals surface area contributed by atoms with Gasteiger partial charge in [0.05, 0.1) is 0 Å². The fourth-order valence-electron chi connectivity index (χ4n) is 2.05. The van der Waals surface area contributed by atoms with Crippen molar-refractivity contribution in [1.82, 2.24) is 16.0 Å². The quantitative estimate of drug-likeness (QED) is 0.512. The van der Waals surface area contributed by atoms with Crippen LogP contribution in [0.4, 0.5) is 4.79 Å². The summed E-state index contributed by atoms with van der Waals surface area (Å²) in [7, 11) is 0. The Labute approximate surface area is 105 Å². The van der Waals surface area contributed by atoms with Gasteiger partial charge in [-0.25, -0.2) is 9.59 Å². The number of aliphatic carboxylic acids is 1. The Bertz CT molecular complexity index is 337. The van der Waals surface area contributed by atoms with Crippen LogP contribution in [-0.2, 0) is 9.59 Å². The van der Waals surface area contributed by atoms with Gasteiger partial charge in [0.15, 0.2) is 0 Å². The van der Waals surface area contributed by atoms with Gasteiger partial charge in [0, 0.05) is 20.0 Å². The minimum atomic E-state index is -1.13. The van der Waals surface area contributed by atoms with Gasteiger partial charge in [-0.1, -0.05) is 12.8 Å². The predicted molar refractivity (Wildman–Crippen MR) is 64.1 cm³/mol. The fourth-order valence-corrected chi connectivity index (χ4v) is 2.05. The van der Waals surface area contributed by atoms with Crippen LogP contribution in [0.25, 0.3) is 0 Å². The summed E-state index contributed by atoms with van der Waals surface area (Å²) in [6.07, 6.45) is 2.53. The highest BCUT2D eigenvalue weighted by Gasteiger charge is 2.42. The van der Waals surface area contributed by atoms with Crippen LogP contribution in [0.2, 0.25) is 0 Å². The summed E-state index contributed by atoms with van der Waals surface area (Å²) in [6.45, 7) is 1.97. The second-order valence-electron chi connectivity index (χ2n) is 4.46. The first kappa shape index (κ1) is 14.3. The van der Waals surface area contributed by atoms with E-state index >= 15 is 0 Å². The largest absolute Gasteiger partial charge is 0.480 e. The van der Waals surface area contributed by atoms with Crippen LogP contribution >= 0.6 is 0 Å². The highest BCUT2D eigenvalue weighted by atomic mass is 16.4. The molecular weight excluding hydrogens is 238 g/mol. The molecule has 18 heavy (non-hydrogen) atoms. The molecule has 0 spiro atoms. The lowest BCUT2D eigenvalue weighted by Crippen LogP contribution is -2.56. The molecule has 1 fully saturated rings. The molecule has 1 saturated carbocycles. The molecule has 0 aromatic heterocycles. The molecule has 3 amide bonds. The van der Waals surface area contributed by atoms with Crippen LogP contribution in [0.15, 0.2) is 0 Å². The van der Waals surface area contributed by atoms with Gasteiger partial charge < -0.3 is 21.1 Å². The van der Waals surface area contributed by atoms with Crippen molar-refractivity contribution in [1.29, 1.82) is 0 Å². The van der Waals surface area contributed by atoms with Crippen molar-refractivity contribution >= 4 is 17.9 Å². The summed E-state index contributed by atoms with van der Waals surface area (Å²) in [5, 5.41) is 16.7. The summed E-state index contributed by atoms with van der Waals surface area (Å²) >= 11 is 0. The van der Waals surface area contributed by atoms with E-state index in [0.717, 1.165) is 12.8 Å². The average molecular weight is 257 g/mol. The first-order valence-corrected chi connectivity index (χ1v) is 6.00. The molecular formula is C11H19N3O4. The van der Waals surface area contributed by atoms with Crippen LogP contribution in [0.5, 0.6) is 0 Å². The summed E-state index contributed by atoms with van der Waals surface area (Å²) in [4.78, 5) is 33.3. The first-order valence-electron chi connectivity index (χ1n) is 6.00. The molecule has 1 aliphatic carbocycles. The van der Waals surface area contributed by atoms with Crippen molar-refractivity contribution in [3.63, 3.8) is 0 Å². The molecule has 7 heteroatoms. The Balaban J connectivity index is 2.34. The van der Waals surface area contributed by atoms with E-state index in [1.54, 1.807) is 0 Å². The highest BCUT2D eigenvalue weighted by molar-refractivity contribution is 5.86. The van der Waals surface area contributed by atoms with Crippen molar-refractivity contribution in [3.05, 3.63) is 0 Å². The number of amides is 3. The Hall–Kier alpha value is -1.79. The molecule has 0 radical (unpaired) electrons. The van der Waals surface area contributed by atoms with E-state index < -0.39 is 17.5 Å². The number of urea groups is 1. The number of carboxylic acid groups (broad SMARTS) is 1. The molecule has 0 aromatic carbocycles. The standard InChI is InChI=1S/C11H19N3O4/c1-8(15)12-6-7-13-10(18)14-11(9(16)17)4-2-3-5-11/h2-7H2,1H3,(H,12,15)(H,16,17)(H2,13,14,18). The molecule has 0 atom stereocenters. The maximum atomic E-state index is 11.6. The number of hydrogen-bond donors (Lipinski definition) is 4. The van der Waals surface area contributed by atoms with Crippen molar-refractivity contribution in [2.45, 2.75) is 38.1 Å². The van der Waals surface area contributed by atoms with E-state index in [-0.39, 0.29) is 12.5 Å². The molecule has 7 nitrogen and oxygen atoms in total. The summed E-state index contributed by atoms with van der Waals surface area (Å²) in [5.74, 6) is -1.16. The Kier molecular flexibility index (Phi) is 4.94. The van der Waals surface area contributed by atoms with Crippen molar-refractivity contribution in [3.8, 4) is 0 Å². The average Bonchev–Trinajstić information content (AvgIpc) is 2.74. The van der Waals surface area contributed by atoms with Crippen molar-refractivity contribution in [2.24, 2.45) is 0 Å². The maximum Gasteiger partial charge on any atom is 0.329 e. The molecule has 1 rings (SSSR count). The molecule has 1 aliphatic rings. The first-order chi connectivity index (χ1) is 8.46. The smallest absolute Gasteiger partial charge is 0.329 e. The van der Waals surface area contributed by atoms with Crippen LogP contribution in [0, 0.1) is 0 Å². The van der Waals surface area contributed by atoms with Gasteiger partial charge in [-0.3, -0.25) is 4.79 Å². The van der Waals surface area contributed by atoms with Crippen LogP contribution in [-0.4, -0.2) is 41.6 Å². The van der Waals surface area contributed by atoms with Crippen molar-refractivity contribution in [2.75, 3.05) is 13.1 Å². The summed E-state index contributed by atoms with van der Waals surface area (Å²) in [5.41, 5.74) is -1.13. The second kappa shape index (κ2) is 6.23. The van der Waals surface area contributed by atoms with Crippen LogP contribution in [0.3, 0.4) is 0 Å². The van der Waals surface area contributed by atoms with E-state index in [9.17, 15) is 14.4 Å². The summed E-state index contributed by atoms with van der Waals surface area (Å²) < 4.78 is 0. The topological polar surface area (TPSA) is 108 Å². The third-order valence-corrected chi connectivity index (χ3v) is 3.00. The molecule has 0 unspecified atom stereocenters. The van der Waals surface area contributed by atoms with E-state index in [2.05, 4.69) is 16.0 Å². The van der Waals surface area contributed by atoms with Gasteiger partial charge >= 0.3 is 12.0 Å². The van der Waals surface area contributed by atoms with Crippen LogP contribution < -0.4 is 16.0 Å². The van der Waals surface area contributed by atoms with Gasteiger partial charge in [-0.15, -0.1) is 0 Å². The van der Waals surface area contributed by atoms with E-state index in [1.807, 2.05) is 0 Å². The molecule has 0 aromatic rings. The molecule has 0 heterocycles. The fraction of sp³-hybridized carbons (Fsp3) is 0.727. The number of rotatable bonds is 5. The predicted octanol–water partition coefficient (Wildman–Crippen LogP) is -0.181. The van der Waals surface area contributed by atoms with E-state index in [4.69, 9.17) is 5.11 Å². The number of hydrogen-bond acceptors (Lipinski definition) is 3. The minimum Gasteiger partial charge on any atom is -0.480 e. The number of carbonyl (C=O) groups is 3. The van der Waals surface area contributed by atoms with Crippen molar-refractivity contribution < 1.29 is 19.5 Å². The lowest BCUT2D eigenvalue weighted by atomic mass is 9.98. The number of carboxylic acids is 1. The Morgan fingerprint density at radius 2 is 1.67 bits per heavy atom. The lowest BCUT2D eigenvalue weighted by molar-refractivity contribution is -0.144. The van der Waals surface area contributed by atoms with Gasteiger partial charge in [-0.2, -0.15) is 0 Å². The number of nitrogens with one attached hydrogen (secondary N) is 3.